The number of halogens is 3. The van der Waals surface area contributed by atoms with Crippen molar-refractivity contribution in [2.24, 2.45) is 13.0 Å². The van der Waals surface area contributed by atoms with Crippen LogP contribution in [-0.4, -0.2) is 95.8 Å². The summed E-state index contributed by atoms with van der Waals surface area (Å²) in [6, 6.07) is 7.06. The number of rotatable bonds is 8. The van der Waals surface area contributed by atoms with Gasteiger partial charge in [-0.1, -0.05) is 6.92 Å². The van der Waals surface area contributed by atoms with Gasteiger partial charge in [0.2, 0.25) is 0 Å². The van der Waals surface area contributed by atoms with Crippen LogP contribution in [0.5, 0.6) is 5.75 Å². The average Bonchev–Trinajstić information content (AvgIpc) is 3.52. The van der Waals surface area contributed by atoms with E-state index in [4.69, 9.17) is 9.47 Å². The molecule has 0 unspecified atom stereocenters. The molecular formula is C34H45F3N6O7S. The van der Waals surface area contributed by atoms with Gasteiger partial charge in [-0.25, -0.2) is 18.2 Å². The van der Waals surface area contributed by atoms with E-state index in [1.54, 1.807) is 26.1 Å². The van der Waals surface area contributed by atoms with Crippen LogP contribution in [0.3, 0.4) is 0 Å². The summed E-state index contributed by atoms with van der Waals surface area (Å²) in [7, 11) is -0.820. The summed E-state index contributed by atoms with van der Waals surface area (Å²) in [6.07, 6.45) is -0.630. The minimum absolute atomic E-state index is 0.0200. The molecule has 280 valence electrons. The van der Waals surface area contributed by atoms with Gasteiger partial charge in [-0.15, -0.1) is 0 Å². The predicted molar refractivity (Wildman–Crippen MR) is 184 cm³/mol. The van der Waals surface area contributed by atoms with Crippen molar-refractivity contribution >= 4 is 33.3 Å². The van der Waals surface area contributed by atoms with Crippen LogP contribution in [0.15, 0.2) is 60.0 Å². The number of carbonyl (C=O) groups excluding carboxylic acids is 2. The van der Waals surface area contributed by atoms with Crippen LogP contribution in [0.4, 0.5) is 29.3 Å². The molecular weight excluding hydrogens is 693 g/mol. The van der Waals surface area contributed by atoms with E-state index < -0.39 is 51.8 Å². The summed E-state index contributed by atoms with van der Waals surface area (Å²) in [4.78, 5) is 32.6. The fourth-order valence-electron chi connectivity index (χ4n) is 5.53. The molecule has 0 fully saturated rings. The number of alkyl halides is 3. The van der Waals surface area contributed by atoms with Gasteiger partial charge in [0.05, 0.1) is 42.3 Å². The highest BCUT2D eigenvalue weighted by molar-refractivity contribution is 7.89. The van der Waals surface area contributed by atoms with Crippen molar-refractivity contribution in [1.82, 2.24) is 18.8 Å². The third-order valence-electron chi connectivity index (χ3n) is 8.57. The molecule has 3 amide bonds. The summed E-state index contributed by atoms with van der Waals surface area (Å²) < 4.78 is 80.6. The van der Waals surface area contributed by atoms with Crippen molar-refractivity contribution in [3.63, 3.8) is 0 Å². The fraction of sp³-hybridized carbons (Fsp3) is 0.500. The second-order valence-electron chi connectivity index (χ2n) is 12.8. The first kappa shape index (κ1) is 39.6. The van der Waals surface area contributed by atoms with Gasteiger partial charge in [0, 0.05) is 57.3 Å². The third kappa shape index (κ3) is 10.4. The summed E-state index contributed by atoms with van der Waals surface area (Å²) in [5, 5.41) is 15.2. The number of urea groups is 1. The molecule has 3 N–H and O–H groups in total. The molecule has 0 saturated carbocycles. The molecule has 2 aromatic carbocycles. The van der Waals surface area contributed by atoms with Crippen molar-refractivity contribution in [2.45, 2.75) is 69.5 Å². The van der Waals surface area contributed by atoms with Crippen LogP contribution in [-0.2, 0) is 28.0 Å². The predicted octanol–water partition coefficient (Wildman–Crippen LogP) is 5.20. The lowest BCUT2D eigenvalue weighted by Crippen LogP contribution is -2.48. The van der Waals surface area contributed by atoms with Crippen LogP contribution in [0.2, 0.25) is 0 Å². The number of sulfonamides is 1. The van der Waals surface area contributed by atoms with E-state index in [1.165, 1.54) is 39.4 Å². The number of ether oxygens (including phenoxy) is 2. The molecule has 0 radical (unpaired) electrons. The van der Waals surface area contributed by atoms with Crippen LogP contribution < -0.4 is 15.4 Å². The number of anilines is 2. The van der Waals surface area contributed by atoms with Gasteiger partial charge < -0.3 is 34.7 Å². The van der Waals surface area contributed by atoms with E-state index in [2.05, 4.69) is 15.6 Å². The number of likely N-dealkylation sites (N-methyl/N-ethyl adjacent to an activating group) is 1. The molecule has 0 spiro atoms. The Kier molecular flexibility index (Phi) is 13.1. The van der Waals surface area contributed by atoms with E-state index in [0.29, 0.717) is 19.4 Å². The first-order valence-electron chi connectivity index (χ1n) is 16.5. The van der Waals surface area contributed by atoms with Gasteiger partial charge >= 0.3 is 12.2 Å². The maximum atomic E-state index is 14.3. The number of aliphatic hydroxyl groups is 1. The van der Waals surface area contributed by atoms with Crippen LogP contribution in [0.1, 0.15) is 56.0 Å². The van der Waals surface area contributed by atoms with E-state index >= 15 is 0 Å². The first-order valence-corrected chi connectivity index (χ1v) is 18.0. The van der Waals surface area contributed by atoms with E-state index in [1.807, 2.05) is 13.8 Å². The number of aromatic nitrogens is 2. The highest BCUT2D eigenvalue weighted by Gasteiger charge is 2.33. The largest absolute Gasteiger partial charge is 0.490 e. The maximum Gasteiger partial charge on any atom is 0.416 e. The zero-order valence-corrected chi connectivity index (χ0v) is 30.0. The van der Waals surface area contributed by atoms with Gasteiger partial charge in [-0.3, -0.25) is 4.79 Å². The number of fused-ring (bicyclic) bond motifs is 1. The Hall–Kier alpha value is -4.19. The van der Waals surface area contributed by atoms with Gasteiger partial charge in [-0.05, 0) is 75.6 Å². The molecule has 51 heavy (non-hydrogen) atoms. The SMILES string of the molecule is C[C@@H]1CN([C@H](C)CO)C(=O)c2cc(NC(=O)Nc3ccc(C(F)(F)F)cc3)ccc2O[C@@H](C)CCCCO[C@H]1CN(C)S(=O)(=O)c1cn(C)cn1. The molecule has 2 heterocycles. The molecule has 4 atom stereocenters. The van der Waals surface area contributed by atoms with Crippen molar-refractivity contribution < 1.29 is 45.8 Å². The molecule has 0 saturated heterocycles. The molecule has 13 nitrogen and oxygen atoms in total. The molecule has 0 bridgehead atoms. The molecule has 1 aromatic heterocycles. The van der Waals surface area contributed by atoms with E-state index in [-0.39, 0.29) is 53.5 Å². The highest BCUT2D eigenvalue weighted by atomic mass is 32.2. The first-order chi connectivity index (χ1) is 24.0. The number of benzene rings is 2. The minimum Gasteiger partial charge on any atom is -0.490 e. The van der Waals surface area contributed by atoms with Crippen molar-refractivity contribution in [1.29, 1.82) is 0 Å². The van der Waals surface area contributed by atoms with E-state index in [9.17, 15) is 36.3 Å². The monoisotopic (exact) mass is 738 g/mol. The Morgan fingerprint density at radius 3 is 2.41 bits per heavy atom. The molecule has 4 rings (SSSR count). The standard InChI is InChI=1S/C34H45F3N6O7S/c1-22-17-43(23(2)20-44)32(45)28-16-27(40-33(46)39-26-11-9-25(10-12-26)34(35,36)37)13-14-29(28)50-24(3)8-6-7-15-49-30(22)18-42(5)51(47,48)31-19-41(4)21-38-31/h9-14,16,19,21-24,30,44H,6-8,15,17-18,20H2,1-5H3,(H2,39,40,46)/t22-,23-,24+,30+/m1/s1. The highest BCUT2D eigenvalue weighted by Crippen LogP contribution is 2.31. The van der Waals surface area contributed by atoms with Gasteiger partial charge in [0.15, 0.2) is 5.03 Å². The number of aryl methyl sites for hydroxylation is 1. The normalized spacial score (nSPS) is 20.2. The molecule has 1 aliphatic heterocycles. The van der Waals surface area contributed by atoms with Crippen LogP contribution in [0.25, 0.3) is 0 Å². The molecule has 3 aromatic rings. The zero-order valence-electron chi connectivity index (χ0n) is 29.2. The quantitative estimate of drug-likeness (QED) is 0.285. The third-order valence-corrected chi connectivity index (χ3v) is 10.3. The summed E-state index contributed by atoms with van der Waals surface area (Å²) in [5.74, 6) is -0.663. The molecule has 17 heteroatoms. The second kappa shape index (κ2) is 16.9. The lowest BCUT2D eigenvalue weighted by molar-refractivity contribution is -0.137. The number of nitrogens with zero attached hydrogens (tertiary/aromatic N) is 4. The minimum atomic E-state index is -4.52. The Labute approximate surface area is 295 Å². The van der Waals surface area contributed by atoms with Crippen LogP contribution >= 0.6 is 0 Å². The smallest absolute Gasteiger partial charge is 0.416 e. The Morgan fingerprint density at radius 1 is 1.12 bits per heavy atom. The lowest BCUT2D eigenvalue weighted by atomic mass is 10.0. The summed E-state index contributed by atoms with van der Waals surface area (Å²) in [6.45, 7) is 5.40. The summed E-state index contributed by atoms with van der Waals surface area (Å²) >= 11 is 0. The average molecular weight is 739 g/mol. The van der Waals surface area contributed by atoms with Crippen LogP contribution in [0, 0.1) is 5.92 Å². The Bertz CT molecular complexity index is 1750. The molecule has 0 aliphatic carbocycles. The van der Waals surface area contributed by atoms with Crippen molar-refractivity contribution in [3.05, 3.63) is 66.1 Å². The Morgan fingerprint density at radius 2 is 1.78 bits per heavy atom. The number of carbonyl (C=O) groups is 2. The van der Waals surface area contributed by atoms with Gasteiger partial charge in [0.1, 0.15) is 5.75 Å². The fourth-order valence-corrected chi connectivity index (χ4v) is 6.67. The Balaban J connectivity index is 1.60. The van der Waals surface area contributed by atoms with Crippen molar-refractivity contribution in [2.75, 3.05) is 44.0 Å². The number of hydrogen-bond acceptors (Lipinski definition) is 8. The topological polar surface area (TPSA) is 155 Å². The molecule has 1 aliphatic rings. The number of hydrogen-bond donors (Lipinski definition) is 3. The van der Waals surface area contributed by atoms with Gasteiger partial charge in [0.25, 0.3) is 15.9 Å². The maximum absolute atomic E-state index is 14.3. The van der Waals surface area contributed by atoms with Crippen molar-refractivity contribution in [3.8, 4) is 5.75 Å². The summed E-state index contributed by atoms with van der Waals surface area (Å²) in [5.41, 5.74) is -0.427. The van der Waals surface area contributed by atoms with E-state index in [0.717, 1.165) is 30.7 Å². The second-order valence-corrected chi connectivity index (χ2v) is 14.8. The number of nitrogens with one attached hydrogen (secondary N) is 2. The number of amides is 3. The zero-order chi connectivity index (χ0) is 37.5. The number of imidazole rings is 1. The van der Waals surface area contributed by atoms with Gasteiger partial charge in [-0.2, -0.15) is 17.5 Å². The lowest BCUT2D eigenvalue weighted by Gasteiger charge is -2.35. The number of aliphatic hydroxyl groups excluding tert-OH is 1.